The van der Waals surface area contributed by atoms with Crippen molar-refractivity contribution in [2.24, 2.45) is 0 Å². The van der Waals surface area contributed by atoms with Crippen molar-refractivity contribution in [2.75, 3.05) is 23.5 Å². The number of benzene rings is 3. The zero-order valence-electron chi connectivity index (χ0n) is 18.0. The zero-order valence-corrected chi connectivity index (χ0v) is 19.6. The van der Waals surface area contributed by atoms with Crippen LogP contribution in [0.1, 0.15) is 15.9 Å². The number of carbonyl (C=O) groups excluding carboxylic acids is 2. The number of nitrogens with zero attached hydrogens (tertiary/aromatic N) is 1. The number of hydrogen-bond donors (Lipinski definition) is 2. The molecule has 3 aromatic rings. The highest BCUT2D eigenvalue weighted by atomic mass is 35.5. The van der Waals surface area contributed by atoms with E-state index in [0.717, 1.165) is 11.8 Å². The third-order valence-electron chi connectivity index (χ3n) is 4.60. The molecule has 0 fully saturated rings. The van der Waals surface area contributed by atoms with Crippen molar-refractivity contribution in [1.29, 1.82) is 5.26 Å². The first-order valence-corrected chi connectivity index (χ1v) is 12.2. The molecular formula is C24H20ClN3O5S. The fourth-order valence-electron chi connectivity index (χ4n) is 2.90. The number of sulfone groups is 1. The molecule has 174 valence electrons. The minimum absolute atomic E-state index is 0.0321. The van der Waals surface area contributed by atoms with Gasteiger partial charge in [0.2, 0.25) is 0 Å². The van der Waals surface area contributed by atoms with Gasteiger partial charge in [-0.2, -0.15) is 5.26 Å². The summed E-state index contributed by atoms with van der Waals surface area (Å²) < 4.78 is 28.8. The average molecular weight is 498 g/mol. The van der Waals surface area contributed by atoms with Gasteiger partial charge in [0.25, 0.3) is 11.8 Å². The minimum atomic E-state index is -3.45. The number of rotatable bonds is 8. The van der Waals surface area contributed by atoms with E-state index in [-0.39, 0.29) is 22.1 Å². The Morgan fingerprint density at radius 3 is 2.41 bits per heavy atom. The smallest absolute Gasteiger partial charge is 0.262 e. The van der Waals surface area contributed by atoms with Crippen LogP contribution in [0.2, 0.25) is 5.02 Å². The van der Waals surface area contributed by atoms with Crippen LogP contribution in [0.3, 0.4) is 0 Å². The first-order valence-electron chi connectivity index (χ1n) is 9.95. The molecule has 3 aromatic carbocycles. The molecule has 0 atom stereocenters. The van der Waals surface area contributed by atoms with E-state index in [1.807, 2.05) is 0 Å². The van der Waals surface area contributed by atoms with Crippen LogP contribution in [-0.2, 0) is 21.1 Å². The summed E-state index contributed by atoms with van der Waals surface area (Å²) in [5, 5.41) is 14.1. The van der Waals surface area contributed by atoms with Crippen molar-refractivity contribution < 1.29 is 22.7 Å². The Kier molecular flexibility index (Phi) is 7.89. The van der Waals surface area contributed by atoms with Crippen molar-refractivity contribution >= 4 is 44.6 Å². The lowest BCUT2D eigenvalue weighted by molar-refractivity contribution is -0.118. The fourth-order valence-corrected chi connectivity index (χ4v) is 3.79. The highest BCUT2D eigenvalue weighted by molar-refractivity contribution is 7.90. The first-order chi connectivity index (χ1) is 16.2. The molecule has 2 N–H and O–H groups in total. The Balaban J connectivity index is 1.58. The SMILES string of the molecule is CS(=O)(=O)c1cccc(C(=O)Nc2ccc(NC(=O)COc3ccc(CC#N)cc3)cc2Cl)c1. The maximum absolute atomic E-state index is 12.5. The normalized spacial score (nSPS) is 10.7. The van der Waals surface area contributed by atoms with Gasteiger partial charge in [-0.1, -0.05) is 29.8 Å². The summed E-state index contributed by atoms with van der Waals surface area (Å²) >= 11 is 6.25. The molecule has 0 saturated carbocycles. The Morgan fingerprint density at radius 1 is 1.03 bits per heavy atom. The highest BCUT2D eigenvalue weighted by Gasteiger charge is 2.14. The van der Waals surface area contributed by atoms with Crippen LogP contribution in [0.25, 0.3) is 0 Å². The van der Waals surface area contributed by atoms with Gasteiger partial charge < -0.3 is 15.4 Å². The Bertz CT molecular complexity index is 1370. The van der Waals surface area contributed by atoms with Crippen LogP contribution in [0.15, 0.2) is 71.6 Å². The number of carbonyl (C=O) groups is 2. The van der Waals surface area contributed by atoms with Crippen molar-refractivity contribution in [3.05, 3.63) is 82.9 Å². The molecule has 0 aromatic heterocycles. The third-order valence-corrected chi connectivity index (χ3v) is 6.02. The van der Waals surface area contributed by atoms with Crippen molar-refractivity contribution in [3.8, 4) is 11.8 Å². The minimum Gasteiger partial charge on any atom is -0.484 e. The molecule has 10 heteroatoms. The number of halogens is 1. The van der Waals surface area contributed by atoms with Gasteiger partial charge >= 0.3 is 0 Å². The molecule has 3 rings (SSSR count). The van der Waals surface area contributed by atoms with Crippen LogP contribution in [-0.4, -0.2) is 33.1 Å². The van der Waals surface area contributed by atoms with E-state index in [1.54, 1.807) is 30.3 Å². The predicted molar refractivity (Wildman–Crippen MR) is 129 cm³/mol. The largest absolute Gasteiger partial charge is 0.484 e. The van der Waals surface area contributed by atoms with Gasteiger partial charge in [0.05, 0.1) is 28.1 Å². The van der Waals surface area contributed by atoms with Crippen molar-refractivity contribution in [3.63, 3.8) is 0 Å². The molecule has 0 radical (unpaired) electrons. The highest BCUT2D eigenvalue weighted by Crippen LogP contribution is 2.26. The molecule has 34 heavy (non-hydrogen) atoms. The lowest BCUT2D eigenvalue weighted by atomic mass is 10.2. The molecule has 0 unspecified atom stereocenters. The van der Waals surface area contributed by atoms with Gasteiger partial charge in [0.1, 0.15) is 5.75 Å². The predicted octanol–water partition coefficient (Wildman–Crippen LogP) is 4.08. The molecule has 2 amide bonds. The molecule has 0 spiro atoms. The van der Waals surface area contributed by atoms with Crippen LogP contribution in [0, 0.1) is 11.3 Å². The number of anilines is 2. The zero-order chi connectivity index (χ0) is 24.7. The average Bonchev–Trinajstić information content (AvgIpc) is 2.80. The molecule has 0 saturated heterocycles. The topological polar surface area (TPSA) is 125 Å². The summed E-state index contributed by atoms with van der Waals surface area (Å²) in [6, 6.07) is 19.1. The molecule has 0 heterocycles. The Morgan fingerprint density at radius 2 is 1.76 bits per heavy atom. The fraction of sp³-hybridized carbons (Fsp3) is 0.125. The van der Waals surface area contributed by atoms with E-state index < -0.39 is 21.7 Å². The van der Waals surface area contributed by atoms with Gasteiger partial charge in [-0.05, 0) is 54.1 Å². The van der Waals surface area contributed by atoms with Gasteiger partial charge in [-0.3, -0.25) is 9.59 Å². The molecule has 0 aliphatic carbocycles. The van der Waals surface area contributed by atoms with Gasteiger partial charge in [0.15, 0.2) is 16.4 Å². The number of ether oxygens (including phenoxy) is 1. The summed E-state index contributed by atoms with van der Waals surface area (Å²) in [6.45, 7) is -0.232. The molecule has 0 aliphatic rings. The van der Waals surface area contributed by atoms with Gasteiger partial charge in [-0.25, -0.2) is 8.42 Å². The lowest BCUT2D eigenvalue weighted by Crippen LogP contribution is -2.20. The quantitative estimate of drug-likeness (QED) is 0.483. The van der Waals surface area contributed by atoms with E-state index in [0.29, 0.717) is 23.5 Å². The van der Waals surface area contributed by atoms with E-state index in [4.69, 9.17) is 21.6 Å². The number of nitriles is 1. The van der Waals surface area contributed by atoms with Crippen LogP contribution < -0.4 is 15.4 Å². The maximum Gasteiger partial charge on any atom is 0.262 e. The summed E-state index contributed by atoms with van der Waals surface area (Å²) in [6.07, 6.45) is 1.36. The van der Waals surface area contributed by atoms with E-state index in [9.17, 15) is 18.0 Å². The molecule has 0 bridgehead atoms. The summed E-state index contributed by atoms with van der Waals surface area (Å²) in [4.78, 5) is 24.7. The number of nitrogens with one attached hydrogen (secondary N) is 2. The number of amides is 2. The van der Waals surface area contributed by atoms with E-state index in [1.165, 1.54) is 36.4 Å². The van der Waals surface area contributed by atoms with Crippen LogP contribution in [0.5, 0.6) is 5.75 Å². The Labute approximate surface area is 202 Å². The second kappa shape index (κ2) is 10.8. The van der Waals surface area contributed by atoms with E-state index >= 15 is 0 Å². The summed E-state index contributed by atoms with van der Waals surface area (Å²) in [7, 11) is -3.45. The molecular weight excluding hydrogens is 478 g/mol. The maximum atomic E-state index is 12.5. The van der Waals surface area contributed by atoms with Crippen LogP contribution in [0.4, 0.5) is 11.4 Å². The van der Waals surface area contributed by atoms with Gasteiger partial charge in [0, 0.05) is 17.5 Å². The standard InChI is InChI=1S/C24H20ClN3O5S/c1-34(31,32)20-4-2-3-17(13-20)24(30)28-22-10-7-18(14-21(22)25)27-23(29)15-33-19-8-5-16(6-9-19)11-12-26/h2-10,13-14H,11,15H2,1H3,(H,27,29)(H,28,30). The first kappa shape index (κ1) is 24.8. The third kappa shape index (κ3) is 6.81. The van der Waals surface area contributed by atoms with Crippen molar-refractivity contribution in [1.82, 2.24) is 0 Å². The van der Waals surface area contributed by atoms with Crippen molar-refractivity contribution in [2.45, 2.75) is 11.3 Å². The molecule has 8 nitrogen and oxygen atoms in total. The second-order valence-electron chi connectivity index (χ2n) is 7.26. The summed E-state index contributed by atoms with van der Waals surface area (Å²) in [5.74, 6) is -0.446. The van der Waals surface area contributed by atoms with Gasteiger partial charge in [-0.15, -0.1) is 0 Å². The van der Waals surface area contributed by atoms with E-state index in [2.05, 4.69) is 16.7 Å². The summed E-state index contributed by atoms with van der Waals surface area (Å²) in [5.41, 5.74) is 1.71. The Hall–Kier alpha value is -3.87. The monoisotopic (exact) mass is 497 g/mol. The lowest BCUT2D eigenvalue weighted by Gasteiger charge is -2.11. The number of hydrogen-bond acceptors (Lipinski definition) is 6. The molecule has 0 aliphatic heterocycles. The second-order valence-corrected chi connectivity index (χ2v) is 9.69. The van der Waals surface area contributed by atoms with Crippen LogP contribution >= 0.6 is 11.6 Å².